The zero-order valence-corrected chi connectivity index (χ0v) is 20.8. The summed E-state index contributed by atoms with van der Waals surface area (Å²) in [7, 11) is 0. The number of anilines is 1. The largest absolute Gasteiger partial charge is 0.507 e. The van der Waals surface area contributed by atoms with E-state index in [4.69, 9.17) is 4.74 Å². The summed E-state index contributed by atoms with van der Waals surface area (Å²) in [6.45, 7) is 3.91. The van der Waals surface area contributed by atoms with Gasteiger partial charge in [-0.25, -0.2) is 0 Å². The van der Waals surface area contributed by atoms with Gasteiger partial charge in [-0.05, 0) is 66.9 Å². The molecule has 0 bridgehead atoms. The Morgan fingerprint density at radius 2 is 1.77 bits per heavy atom. The van der Waals surface area contributed by atoms with Gasteiger partial charge >= 0.3 is 5.97 Å². The molecule has 1 aliphatic heterocycles. The lowest BCUT2D eigenvalue weighted by Crippen LogP contribution is -2.29. The summed E-state index contributed by atoms with van der Waals surface area (Å²) in [5.41, 5.74) is 3.12. The molecule has 1 aliphatic rings. The Bertz CT molecular complexity index is 1320. The van der Waals surface area contributed by atoms with Gasteiger partial charge in [0.2, 0.25) is 0 Å². The number of aryl methyl sites for hydroxylation is 1. The lowest BCUT2D eigenvalue weighted by atomic mass is 9.95. The number of hydrogen-bond acceptors (Lipinski definition) is 6. The summed E-state index contributed by atoms with van der Waals surface area (Å²) in [5, 5.41) is 11.2. The molecule has 0 radical (unpaired) electrons. The molecule has 1 saturated heterocycles. The number of nitrogens with zero attached hydrogens (tertiary/aromatic N) is 2. The fourth-order valence-electron chi connectivity index (χ4n) is 4.06. The van der Waals surface area contributed by atoms with Crippen molar-refractivity contribution in [2.24, 2.45) is 0 Å². The van der Waals surface area contributed by atoms with Crippen molar-refractivity contribution in [3.05, 3.63) is 99.3 Å². The number of amides is 1. The van der Waals surface area contributed by atoms with Crippen LogP contribution in [0, 0.1) is 6.92 Å². The van der Waals surface area contributed by atoms with Crippen LogP contribution in [0.1, 0.15) is 35.2 Å². The van der Waals surface area contributed by atoms with Crippen LogP contribution in [-0.4, -0.2) is 34.4 Å². The minimum absolute atomic E-state index is 0.00137. The van der Waals surface area contributed by atoms with Gasteiger partial charge in [-0.1, -0.05) is 34.1 Å². The van der Waals surface area contributed by atoms with Gasteiger partial charge in [0.1, 0.15) is 5.76 Å². The standard InChI is InChI=1S/C27H23BrN2O5/c1-3-35-22(31)15-17-4-7-20(8-5-17)30-24(18-10-12-29-13-11-18)23(26(33)27(30)34)25(32)19-6-9-21(28)16(2)14-19/h4-14,24,32H,3,15H2,1-2H3/b25-23-. The number of ketones is 1. The lowest BCUT2D eigenvalue weighted by molar-refractivity contribution is -0.142. The highest BCUT2D eigenvalue weighted by Crippen LogP contribution is 2.42. The molecule has 1 aromatic heterocycles. The average molecular weight is 535 g/mol. The molecule has 178 valence electrons. The molecule has 2 heterocycles. The molecule has 2 aromatic carbocycles. The Morgan fingerprint density at radius 1 is 1.09 bits per heavy atom. The van der Waals surface area contributed by atoms with Gasteiger partial charge in [-0.2, -0.15) is 0 Å². The van der Waals surface area contributed by atoms with Crippen molar-refractivity contribution in [3.63, 3.8) is 0 Å². The fourth-order valence-corrected chi connectivity index (χ4v) is 4.31. The summed E-state index contributed by atoms with van der Waals surface area (Å²) in [6, 6.07) is 14.6. The zero-order valence-electron chi connectivity index (χ0n) is 19.2. The molecule has 0 spiro atoms. The predicted molar refractivity (Wildman–Crippen MR) is 135 cm³/mol. The first-order chi connectivity index (χ1) is 16.8. The Morgan fingerprint density at radius 3 is 2.40 bits per heavy atom. The zero-order chi connectivity index (χ0) is 25.1. The fraction of sp³-hybridized carbons (Fsp3) is 0.185. The first-order valence-electron chi connectivity index (χ1n) is 11.0. The smallest absolute Gasteiger partial charge is 0.310 e. The van der Waals surface area contributed by atoms with Crippen molar-refractivity contribution in [2.45, 2.75) is 26.3 Å². The van der Waals surface area contributed by atoms with E-state index in [2.05, 4.69) is 20.9 Å². The first-order valence-corrected chi connectivity index (χ1v) is 11.8. The van der Waals surface area contributed by atoms with Gasteiger partial charge in [-0.3, -0.25) is 24.3 Å². The van der Waals surface area contributed by atoms with E-state index in [9.17, 15) is 19.5 Å². The summed E-state index contributed by atoms with van der Waals surface area (Å²) >= 11 is 3.44. The van der Waals surface area contributed by atoms with Crippen LogP contribution < -0.4 is 4.90 Å². The maximum absolute atomic E-state index is 13.2. The lowest BCUT2D eigenvalue weighted by Gasteiger charge is -2.25. The molecule has 8 heteroatoms. The minimum Gasteiger partial charge on any atom is -0.507 e. The summed E-state index contributed by atoms with van der Waals surface area (Å²) < 4.78 is 5.85. The molecule has 0 aliphatic carbocycles. The molecule has 1 N–H and O–H groups in total. The van der Waals surface area contributed by atoms with E-state index in [1.165, 1.54) is 4.90 Å². The summed E-state index contributed by atoms with van der Waals surface area (Å²) in [4.78, 5) is 43.7. The highest BCUT2D eigenvalue weighted by molar-refractivity contribution is 9.10. The molecule has 1 unspecified atom stereocenters. The van der Waals surface area contributed by atoms with Gasteiger partial charge in [0.05, 0.1) is 24.6 Å². The van der Waals surface area contributed by atoms with E-state index in [-0.39, 0.29) is 23.7 Å². The van der Waals surface area contributed by atoms with Crippen molar-refractivity contribution in [3.8, 4) is 0 Å². The Kier molecular flexibility index (Phi) is 7.12. The van der Waals surface area contributed by atoms with Crippen LogP contribution >= 0.6 is 15.9 Å². The Hall–Kier alpha value is -3.78. The number of aromatic nitrogens is 1. The molecule has 1 atom stereocenters. The van der Waals surface area contributed by atoms with E-state index >= 15 is 0 Å². The van der Waals surface area contributed by atoms with E-state index < -0.39 is 17.7 Å². The molecule has 7 nitrogen and oxygen atoms in total. The third kappa shape index (κ3) is 4.88. The third-order valence-electron chi connectivity index (χ3n) is 5.77. The number of halogens is 1. The maximum atomic E-state index is 13.2. The van der Waals surface area contributed by atoms with Crippen molar-refractivity contribution in [2.75, 3.05) is 11.5 Å². The highest BCUT2D eigenvalue weighted by Gasteiger charge is 2.47. The molecular weight excluding hydrogens is 512 g/mol. The predicted octanol–water partition coefficient (Wildman–Crippen LogP) is 4.88. The van der Waals surface area contributed by atoms with Gasteiger partial charge < -0.3 is 9.84 Å². The van der Waals surface area contributed by atoms with Gasteiger partial charge in [0.25, 0.3) is 11.7 Å². The van der Waals surface area contributed by atoms with Crippen molar-refractivity contribution >= 4 is 45.0 Å². The number of ether oxygens (including phenoxy) is 1. The Balaban J connectivity index is 1.80. The maximum Gasteiger partial charge on any atom is 0.310 e. The van der Waals surface area contributed by atoms with Gasteiger partial charge in [0.15, 0.2) is 0 Å². The van der Waals surface area contributed by atoms with Gasteiger partial charge in [0, 0.05) is 28.1 Å². The normalized spacial score (nSPS) is 17.0. The number of pyridine rings is 1. The molecule has 1 amide bonds. The SMILES string of the molecule is CCOC(=O)Cc1ccc(N2C(=O)C(=O)/C(=C(\O)c3ccc(Br)c(C)c3)C2c2ccncc2)cc1. The quantitative estimate of drug-likeness (QED) is 0.209. The number of hydrogen-bond donors (Lipinski definition) is 1. The summed E-state index contributed by atoms with van der Waals surface area (Å²) in [5.74, 6) is -2.12. The molecule has 35 heavy (non-hydrogen) atoms. The molecule has 4 rings (SSSR count). The molecular formula is C27H23BrN2O5. The minimum atomic E-state index is -0.849. The third-order valence-corrected chi connectivity index (χ3v) is 6.66. The molecule has 3 aromatic rings. The van der Waals surface area contributed by atoms with Crippen LogP contribution in [0.15, 0.2) is 77.0 Å². The highest BCUT2D eigenvalue weighted by atomic mass is 79.9. The number of esters is 1. The number of rotatable bonds is 6. The van der Waals surface area contributed by atoms with Crippen molar-refractivity contribution in [1.82, 2.24) is 4.98 Å². The van der Waals surface area contributed by atoms with E-state index in [1.54, 1.807) is 73.9 Å². The second-order valence-corrected chi connectivity index (χ2v) is 8.92. The monoisotopic (exact) mass is 534 g/mol. The van der Waals surface area contributed by atoms with Crippen molar-refractivity contribution < 1.29 is 24.2 Å². The second kappa shape index (κ2) is 10.2. The van der Waals surface area contributed by atoms with Gasteiger partial charge in [-0.15, -0.1) is 0 Å². The van der Waals surface area contributed by atoms with Crippen LogP contribution in [0.3, 0.4) is 0 Å². The van der Waals surface area contributed by atoms with E-state index in [0.717, 1.165) is 15.6 Å². The number of aliphatic hydroxyl groups is 1. The second-order valence-electron chi connectivity index (χ2n) is 8.06. The number of Topliss-reactive ketones (excluding diaryl/α,β-unsaturated/α-hetero) is 1. The number of carbonyl (C=O) groups is 3. The molecule has 0 saturated carbocycles. The van der Waals surface area contributed by atoms with E-state index in [0.29, 0.717) is 23.4 Å². The number of aliphatic hydroxyl groups excluding tert-OH is 1. The topological polar surface area (TPSA) is 96.8 Å². The number of benzene rings is 2. The first kappa shape index (κ1) is 24.3. The number of carbonyl (C=O) groups excluding carboxylic acids is 3. The van der Waals surface area contributed by atoms with E-state index in [1.807, 2.05) is 6.92 Å². The Labute approximate surface area is 211 Å². The van der Waals surface area contributed by atoms with Crippen LogP contribution in [-0.2, 0) is 25.5 Å². The molecule has 1 fully saturated rings. The summed E-state index contributed by atoms with van der Waals surface area (Å²) in [6.07, 6.45) is 3.24. The van der Waals surface area contributed by atoms with Crippen molar-refractivity contribution in [1.29, 1.82) is 0 Å². The average Bonchev–Trinajstić information content (AvgIpc) is 3.12. The van der Waals surface area contributed by atoms with Crippen LogP contribution in [0.5, 0.6) is 0 Å². The van der Waals surface area contributed by atoms with Crippen LogP contribution in [0.2, 0.25) is 0 Å². The van der Waals surface area contributed by atoms with Crippen LogP contribution in [0.25, 0.3) is 5.76 Å². The van der Waals surface area contributed by atoms with Crippen LogP contribution in [0.4, 0.5) is 5.69 Å².